The predicted molar refractivity (Wildman–Crippen MR) is 124 cm³/mol. The van der Waals surface area contributed by atoms with Crippen LogP contribution < -0.4 is 5.32 Å². The Balaban J connectivity index is 1.44. The fourth-order valence-corrected chi connectivity index (χ4v) is 5.04. The van der Waals surface area contributed by atoms with Crippen molar-refractivity contribution in [1.29, 1.82) is 0 Å². The number of halogens is 2. The number of rotatable bonds is 5. The van der Waals surface area contributed by atoms with E-state index in [1.54, 1.807) is 43.3 Å². The normalized spacial score (nSPS) is 18.5. The predicted octanol–water partition coefficient (Wildman–Crippen LogP) is 4.74. The molecule has 2 aromatic carbocycles. The molecule has 1 saturated heterocycles. The van der Waals surface area contributed by atoms with Crippen molar-refractivity contribution in [1.82, 2.24) is 9.80 Å². The molecule has 1 N–H and O–H groups in total. The topological polar surface area (TPSA) is 52.7 Å². The Labute approximate surface area is 193 Å². The van der Waals surface area contributed by atoms with Gasteiger partial charge in [0.05, 0.1) is 6.04 Å². The van der Waals surface area contributed by atoms with E-state index >= 15 is 0 Å². The van der Waals surface area contributed by atoms with Crippen LogP contribution >= 0.6 is 11.6 Å². The van der Waals surface area contributed by atoms with E-state index in [1.165, 1.54) is 6.07 Å². The zero-order chi connectivity index (χ0) is 22.7. The van der Waals surface area contributed by atoms with E-state index < -0.39 is 0 Å². The number of amides is 2. The lowest BCUT2D eigenvalue weighted by Gasteiger charge is -2.40. The van der Waals surface area contributed by atoms with E-state index in [0.29, 0.717) is 48.0 Å². The number of nitrogens with zero attached hydrogens (tertiary/aromatic N) is 2. The third kappa shape index (κ3) is 5.13. The number of nitrogens with one attached hydrogen (secondary N) is 1. The lowest BCUT2D eigenvalue weighted by molar-refractivity contribution is -0.123. The van der Waals surface area contributed by atoms with Crippen LogP contribution in [0.25, 0.3) is 0 Å². The maximum absolute atomic E-state index is 14.0. The first-order chi connectivity index (χ1) is 15.4. The first kappa shape index (κ1) is 22.7. The van der Waals surface area contributed by atoms with Crippen LogP contribution in [0.4, 0.5) is 10.1 Å². The quantitative estimate of drug-likeness (QED) is 0.705. The van der Waals surface area contributed by atoms with Gasteiger partial charge < -0.3 is 10.2 Å². The van der Waals surface area contributed by atoms with E-state index in [1.807, 2.05) is 4.90 Å². The van der Waals surface area contributed by atoms with Gasteiger partial charge in [-0.05, 0) is 61.6 Å². The summed E-state index contributed by atoms with van der Waals surface area (Å²) in [5.41, 5.74) is 1.61. The van der Waals surface area contributed by atoms with Crippen LogP contribution in [0.1, 0.15) is 41.6 Å². The fraction of sp³-hybridized carbons (Fsp3) is 0.440. The number of carbonyl (C=O) groups is 2. The summed E-state index contributed by atoms with van der Waals surface area (Å²) in [4.78, 5) is 30.2. The van der Waals surface area contributed by atoms with Gasteiger partial charge in [0.25, 0.3) is 5.91 Å². The summed E-state index contributed by atoms with van der Waals surface area (Å²) in [7, 11) is 0. The highest BCUT2D eigenvalue weighted by atomic mass is 35.5. The lowest BCUT2D eigenvalue weighted by atomic mass is 9.94. The van der Waals surface area contributed by atoms with Gasteiger partial charge in [0.2, 0.25) is 5.91 Å². The van der Waals surface area contributed by atoms with E-state index in [4.69, 9.17) is 11.6 Å². The Bertz CT molecular complexity index is 985. The summed E-state index contributed by atoms with van der Waals surface area (Å²) in [6.45, 7) is 4.07. The summed E-state index contributed by atoms with van der Waals surface area (Å²) in [6, 6.07) is 11.5. The molecule has 4 rings (SSSR count). The van der Waals surface area contributed by atoms with Crippen LogP contribution in [0.2, 0.25) is 5.02 Å². The molecule has 2 amide bonds. The van der Waals surface area contributed by atoms with Crippen LogP contribution in [0.15, 0.2) is 42.5 Å². The SMILES string of the molecule is Cc1ccc(NC(=O)[C@H](C2CCCC2)N2CCN(C(=O)c3cccc(Cl)c3)CC2)cc1F. The van der Waals surface area contributed by atoms with E-state index in [-0.39, 0.29) is 29.6 Å². The molecule has 2 fully saturated rings. The molecule has 0 unspecified atom stereocenters. The molecule has 0 bridgehead atoms. The van der Waals surface area contributed by atoms with E-state index in [0.717, 1.165) is 25.7 Å². The smallest absolute Gasteiger partial charge is 0.253 e. The molecule has 0 spiro atoms. The van der Waals surface area contributed by atoms with Crippen LogP contribution in [-0.4, -0.2) is 53.8 Å². The van der Waals surface area contributed by atoms with Gasteiger partial charge in [0, 0.05) is 42.5 Å². The van der Waals surface area contributed by atoms with Gasteiger partial charge in [-0.1, -0.05) is 36.6 Å². The zero-order valence-corrected chi connectivity index (χ0v) is 19.1. The van der Waals surface area contributed by atoms with Crippen molar-refractivity contribution < 1.29 is 14.0 Å². The number of hydrogen-bond donors (Lipinski definition) is 1. The van der Waals surface area contributed by atoms with Crippen molar-refractivity contribution in [2.24, 2.45) is 5.92 Å². The van der Waals surface area contributed by atoms with Crippen LogP contribution in [0.5, 0.6) is 0 Å². The van der Waals surface area contributed by atoms with Crippen molar-refractivity contribution in [3.63, 3.8) is 0 Å². The van der Waals surface area contributed by atoms with Crippen molar-refractivity contribution in [2.75, 3.05) is 31.5 Å². The maximum Gasteiger partial charge on any atom is 0.253 e. The second-order valence-corrected chi connectivity index (χ2v) is 9.22. The number of benzene rings is 2. The summed E-state index contributed by atoms with van der Waals surface area (Å²) in [5, 5.41) is 3.48. The summed E-state index contributed by atoms with van der Waals surface area (Å²) in [5.74, 6) is -0.173. The molecule has 2 aromatic rings. The summed E-state index contributed by atoms with van der Waals surface area (Å²) >= 11 is 6.04. The minimum Gasteiger partial charge on any atom is -0.336 e. The average molecular weight is 458 g/mol. The molecule has 0 radical (unpaired) electrons. The number of anilines is 1. The highest BCUT2D eigenvalue weighted by Gasteiger charge is 2.37. The molecule has 1 aliphatic heterocycles. The third-order valence-electron chi connectivity index (χ3n) is 6.62. The van der Waals surface area contributed by atoms with Gasteiger partial charge in [-0.25, -0.2) is 4.39 Å². The van der Waals surface area contributed by atoms with Crippen LogP contribution in [0, 0.1) is 18.7 Å². The second kappa shape index (κ2) is 10.0. The molecule has 1 heterocycles. The van der Waals surface area contributed by atoms with Crippen molar-refractivity contribution in [3.8, 4) is 0 Å². The Hall–Kier alpha value is -2.44. The number of hydrogen-bond acceptors (Lipinski definition) is 3. The lowest BCUT2D eigenvalue weighted by Crippen LogP contribution is -2.56. The van der Waals surface area contributed by atoms with Gasteiger partial charge in [0.15, 0.2) is 0 Å². The third-order valence-corrected chi connectivity index (χ3v) is 6.86. The standard InChI is InChI=1S/C25H29ClFN3O2/c1-17-9-10-21(16-22(17)27)28-24(31)23(18-5-2-3-6-18)29-11-13-30(14-12-29)25(32)19-7-4-8-20(26)15-19/h4,7-10,15-16,18,23H,2-3,5-6,11-14H2,1H3,(H,28,31)/t23-/m0/s1. The van der Waals surface area contributed by atoms with Crippen molar-refractivity contribution in [3.05, 3.63) is 64.4 Å². The molecular weight excluding hydrogens is 429 g/mol. The molecule has 170 valence electrons. The minimum atomic E-state index is -0.326. The molecule has 32 heavy (non-hydrogen) atoms. The molecule has 7 heteroatoms. The molecule has 2 aliphatic rings. The first-order valence-corrected chi connectivity index (χ1v) is 11.7. The van der Waals surface area contributed by atoms with Gasteiger partial charge in [-0.15, -0.1) is 0 Å². The van der Waals surface area contributed by atoms with Gasteiger partial charge >= 0.3 is 0 Å². The maximum atomic E-state index is 14.0. The highest BCUT2D eigenvalue weighted by molar-refractivity contribution is 6.30. The molecule has 1 atom stereocenters. The minimum absolute atomic E-state index is 0.0378. The molecular formula is C25H29ClFN3O2. The Morgan fingerprint density at radius 3 is 2.44 bits per heavy atom. The van der Waals surface area contributed by atoms with Gasteiger partial charge in [-0.3, -0.25) is 14.5 Å². The molecule has 0 aromatic heterocycles. The average Bonchev–Trinajstić information content (AvgIpc) is 3.31. The molecule has 1 aliphatic carbocycles. The Morgan fingerprint density at radius 1 is 1.06 bits per heavy atom. The first-order valence-electron chi connectivity index (χ1n) is 11.3. The van der Waals surface area contributed by atoms with E-state index in [2.05, 4.69) is 10.2 Å². The Morgan fingerprint density at radius 2 is 1.78 bits per heavy atom. The van der Waals surface area contributed by atoms with Crippen molar-refractivity contribution >= 4 is 29.1 Å². The van der Waals surface area contributed by atoms with Gasteiger partial charge in [-0.2, -0.15) is 0 Å². The van der Waals surface area contributed by atoms with Crippen LogP contribution in [0.3, 0.4) is 0 Å². The van der Waals surface area contributed by atoms with Crippen molar-refractivity contribution in [2.45, 2.75) is 38.6 Å². The highest BCUT2D eigenvalue weighted by Crippen LogP contribution is 2.32. The number of piperazine rings is 1. The zero-order valence-electron chi connectivity index (χ0n) is 18.3. The van der Waals surface area contributed by atoms with Gasteiger partial charge in [0.1, 0.15) is 5.82 Å². The van der Waals surface area contributed by atoms with Crippen LogP contribution in [-0.2, 0) is 4.79 Å². The monoisotopic (exact) mass is 457 g/mol. The summed E-state index contributed by atoms with van der Waals surface area (Å²) in [6.07, 6.45) is 4.28. The molecule has 5 nitrogen and oxygen atoms in total. The van der Waals surface area contributed by atoms with E-state index in [9.17, 15) is 14.0 Å². The largest absolute Gasteiger partial charge is 0.336 e. The summed E-state index contributed by atoms with van der Waals surface area (Å²) < 4.78 is 14.0. The second-order valence-electron chi connectivity index (χ2n) is 8.78. The Kier molecular flexibility index (Phi) is 7.11. The number of aryl methyl sites for hydroxylation is 1. The fourth-order valence-electron chi connectivity index (χ4n) is 4.85. The number of carbonyl (C=O) groups excluding carboxylic acids is 2. The molecule has 1 saturated carbocycles.